The highest BCUT2D eigenvalue weighted by Crippen LogP contribution is 2.23. The van der Waals surface area contributed by atoms with E-state index < -0.39 is 23.4 Å². The monoisotopic (exact) mass is 309 g/mol. The zero-order valence-corrected chi connectivity index (χ0v) is 11.2. The Hall–Kier alpha value is -2.60. The van der Waals surface area contributed by atoms with E-state index in [-0.39, 0.29) is 21.8 Å². The molecule has 0 atom stereocenters. The van der Waals surface area contributed by atoms with Gasteiger partial charge in [-0.25, -0.2) is 9.18 Å². The van der Waals surface area contributed by atoms with Gasteiger partial charge in [-0.1, -0.05) is 11.6 Å². The van der Waals surface area contributed by atoms with Gasteiger partial charge in [0.25, 0.3) is 5.91 Å². The maximum absolute atomic E-state index is 13.5. The largest absolute Gasteiger partial charge is 0.507 e. The number of rotatable bonds is 3. The second-order valence-corrected chi connectivity index (χ2v) is 4.55. The van der Waals surface area contributed by atoms with Crippen molar-refractivity contribution >= 4 is 29.2 Å². The third-order valence-electron chi connectivity index (χ3n) is 2.66. The van der Waals surface area contributed by atoms with Crippen LogP contribution >= 0.6 is 11.6 Å². The summed E-state index contributed by atoms with van der Waals surface area (Å²) in [4.78, 5) is 22.7. The molecule has 2 aromatic rings. The topological polar surface area (TPSA) is 86.6 Å². The quantitative estimate of drug-likeness (QED) is 0.813. The molecule has 0 radical (unpaired) electrons. The lowest BCUT2D eigenvalue weighted by Gasteiger charge is -2.08. The second-order valence-electron chi connectivity index (χ2n) is 4.12. The first kappa shape index (κ1) is 14.8. The van der Waals surface area contributed by atoms with Crippen molar-refractivity contribution in [3.63, 3.8) is 0 Å². The van der Waals surface area contributed by atoms with Crippen LogP contribution in [0.4, 0.5) is 10.1 Å². The molecule has 108 valence electrons. The summed E-state index contributed by atoms with van der Waals surface area (Å²) >= 11 is 5.69. The molecule has 0 unspecified atom stereocenters. The molecule has 0 aliphatic rings. The first-order valence-electron chi connectivity index (χ1n) is 5.71. The molecular weight excluding hydrogens is 301 g/mol. The molecule has 0 aliphatic heterocycles. The van der Waals surface area contributed by atoms with Crippen molar-refractivity contribution in [1.29, 1.82) is 0 Å². The maximum atomic E-state index is 13.5. The number of aromatic hydroxyl groups is 1. The predicted octanol–water partition coefficient (Wildman–Crippen LogP) is 3.14. The summed E-state index contributed by atoms with van der Waals surface area (Å²) < 4.78 is 13.5. The minimum atomic E-state index is -1.30. The van der Waals surface area contributed by atoms with Crippen molar-refractivity contribution in [2.45, 2.75) is 0 Å². The number of nitrogens with one attached hydrogen (secondary N) is 1. The lowest BCUT2D eigenvalue weighted by molar-refractivity contribution is 0.0693. The SMILES string of the molecule is O=C(O)c1ccc(NC(=O)c2cc(Cl)ccc2F)cc1O. The maximum Gasteiger partial charge on any atom is 0.339 e. The van der Waals surface area contributed by atoms with Crippen LogP contribution in [0.5, 0.6) is 5.75 Å². The number of halogens is 2. The van der Waals surface area contributed by atoms with Gasteiger partial charge in [0.2, 0.25) is 0 Å². The summed E-state index contributed by atoms with van der Waals surface area (Å²) in [5.41, 5.74) is -0.437. The molecule has 2 aromatic carbocycles. The van der Waals surface area contributed by atoms with Crippen LogP contribution in [0.1, 0.15) is 20.7 Å². The second kappa shape index (κ2) is 5.80. The molecule has 5 nitrogen and oxygen atoms in total. The van der Waals surface area contributed by atoms with Crippen LogP contribution in [0, 0.1) is 5.82 Å². The number of phenols is 1. The number of carboxylic acid groups (broad SMARTS) is 1. The summed E-state index contributed by atoms with van der Waals surface area (Å²) in [6, 6.07) is 7.00. The molecule has 0 heterocycles. The van der Waals surface area contributed by atoms with Crippen LogP contribution in [-0.4, -0.2) is 22.1 Å². The van der Waals surface area contributed by atoms with Crippen LogP contribution in [0.15, 0.2) is 36.4 Å². The standard InChI is InChI=1S/C14H9ClFNO4/c15-7-1-4-11(16)10(5-7)13(19)17-8-2-3-9(14(20)21)12(18)6-8/h1-6,18H,(H,17,19)(H,20,21). The van der Waals surface area contributed by atoms with Crippen molar-refractivity contribution < 1.29 is 24.2 Å². The minimum absolute atomic E-state index is 0.127. The number of carbonyl (C=O) groups is 2. The summed E-state index contributed by atoms with van der Waals surface area (Å²) in [7, 11) is 0. The normalized spacial score (nSPS) is 10.2. The molecule has 0 spiro atoms. The van der Waals surface area contributed by atoms with E-state index in [2.05, 4.69) is 5.32 Å². The Balaban J connectivity index is 2.26. The van der Waals surface area contributed by atoms with Crippen LogP contribution in [0.3, 0.4) is 0 Å². The molecule has 0 aromatic heterocycles. The fourth-order valence-corrected chi connectivity index (χ4v) is 1.83. The Labute approximate surface area is 123 Å². The Morgan fingerprint density at radius 2 is 1.81 bits per heavy atom. The highest BCUT2D eigenvalue weighted by molar-refractivity contribution is 6.31. The Kier molecular flexibility index (Phi) is 4.09. The van der Waals surface area contributed by atoms with Gasteiger partial charge in [0.05, 0.1) is 5.56 Å². The summed E-state index contributed by atoms with van der Waals surface area (Å²) in [6.07, 6.45) is 0. The number of carbonyl (C=O) groups excluding carboxylic acids is 1. The highest BCUT2D eigenvalue weighted by atomic mass is 35.5. The molecule has 0 saturated heterocycles. The molecule has 0 bridgehead atoms. The van der Waals surface area contributed by atoms with Crippen molar-refractivity contribution in [2.75, 3.05) is 5.32 Å². The van der Waals surface area contributed by atoms with E-state index >= 15 is 0 Å². The molecule has 7 heteroatoms. The van der Waals surface area contributed by atoms with Gasteiger partial charge in [0.1, 0.15) is 17.1 Å². The molecule has 0 fully saturated rings. The first-order valence-corrected chi connectivity index (χ1v) is 6.09. The molecule has 3 N–H and O–H groups in total. The van der Waals surface area contributed by atoms with E-state index in [1.807, 2.05) is 0 Å². The smallest absolute Gasteiger partial charge is 0.339 e. The lowest BCUT2D eigenvalue weighted by Crippen LogP contribution is -2.14. The Morgan fingerprint density at radius 1 is 1.10 bits per heavy atom. The van der Waals surface area contributed by atoms with Crippen molar-refractivity contribution in [3.05, 3.63) is 58.4 Å². The highest BCUT2D eigenvalue weighted by Gasteiger charge is 2.14. The molecule has 1 amide bonds. The number of aromatic carboxylic acids is 1. The zero-order chi connectivity index (χ0) is 15.6. The average molecular weight is 310 g/mol. The van der Waals surface area contributed by atoms with Gasteiger partial charge in [-0.3, -0.25) is 4.79 Å². The predicted molar refractivity (Wildman–Crippen MR) is 74.4 cm³/mol. The Morgan fingerprint density at radius 3 is 2.43 bits per heavy atom. The van der Waals surface area contributed by atoms with Gasteiger partial charge >= 0.3 is 5.97 Å². The average Bonchev–Trinajstić information content (AvgIpc) is 2.41. The molecule has 0 saturated carbocycles. The van der Waals surface area contributed by atoms with Gasteiger partial charge in [0.15, 0.2) is 0 Å². The van der Waals surface area contributed by atoms with Crippen molar-refractivity contribution in [1.82, 2.24) is 0 Å². The molecule has 2 rings (SSSR count). The van der Waals surface area contributed by atoms with E-state index in [1.165, 1.54) is 12.1 Å². The number of hydrogen-bond acceptors (Lipinski definition) is 3. The van der Waals surface area contributed by atoms with Crippen LogP contribution < -0.4 is 5.32 Å². The van der Waals surface area contributed by atoms with E-state index in [1.54, 1.807) is 0 Å². The van der Waals surface area contributed by atoms with E-state index in [0.29, 0.717) is 0 Å². The van der Waals surface area contributed by atoms with Crippen LogP contribution in [-0.2, 0) is 0 Å². The van der Waals surface area contributed by atoms with Crippen LogP contribution in [0.25, 0.3) is 0 Å². The van der Waals surface area contributed by atoms with Gasteiger partial charge < -0.3 is 15.5 Å². The third kappa shape index (κ3) is 3.29. The summed E-state index contributed by atoms with van der Waals surface area (Å²) in [5, 5.41) is 20.8. The van der Waals surface area contributed by atoms with Gasteiger partial charge in [0, 0.05) is 16.8 Å². The Bertz CT molecular complexity index is 733. The first-order chi connectivity index (χ1) is 9.88. The van der Waals surface area contributed by atoms with Gasteiger partial charge in [-0.2, -0.15) is 0 Å². The van der Waals surface area contributed by atoms with E-state index in [9.17, 15) is 19.1 Å². The number of hydrogen-bond donors (Lipinski definition) is 3. The summed E-state index contributed by atoms with van der Waals surface area (Å²) in [5.74, 6) is -3.32. The van der Waals surface area contributed by atoms with Gasteiger partial charge in [-0.15, -0.1) is 0 Å². The number of carboxylic acids is 1. The molecular formula is C14H9ClFNO4. The van der Waals surface area contributed by atoms with E-state index in [4.69, 9.17) is 16.7 Å². The number of amides is 1. The van der Waals surface area contributed by atoms with Crippen LogP contribution in [0.2, 0.25) is 5.02 Å². The number of anilines is 1. The van der Waals surface area contributed by atoms with E-state index in [0.717, 1.165) is 24.3 Å². The van der Waals surface area contributed by atoms with Crippen molar-refractivity contribution in [3.8, 4) is 5.75 Å². The zero-order valence-electron chi connectivity index (χ0n) is 10.4. The van der Waals surface area contributed by atoms with Crippen molar-refractivity contribution in [2.24, 2.45) is 0 Å². The molecule has 21 heavy (non-hydrogen) atoms. The molecule has 0 aliphatic carbocycles. The summed E-state index contributed by atoms with van der Waals surface area (Å²) in [6.45, 7) is 0. The van der Waals surface area contributed by atoms with Gasteiger partial charge in [-0.05, 0) is 30.3 Å². The lowest BCUT2D eigenvalue weighted by atomic mass is 10.1. The minimum Gasteiger partial charge on any atom is -0.507 e. The number of benzene rings is 2. The third-order valence-corrected chi connectivity index (χ3v) is 2.89. The fraction of sp³-hybridized carbons (Fsp3) is 0. The fourth-order valence-electron chi connectivity index (χ4n) is 1.66.